The lowest BCUT2D eigenvalue weighted by Gasteiger charge is -2.13. The molecule has 0 unspecified atom stereocenters. The predicted molar refractivity (Wildman–Crippen MR) is 87.4 cm³/mol. The normalized spacial score (nSPS) is 11.2. The lowest BCUT2D eigenvalue weighted by molar-refractivity contribution is 0.204. The molecule has 3 N–H and O–H groups in total. The second kappa shape index (κ2) is 8.33. The van der Waals surface area contributed by atoms with Gasteiger partial charge in [0, 0.05) is 13.7 Å². The second-order valence-electron chi connectivity index (χ2n) is 3.68. The van der Waals surface area contributed by atoms with Crippen molar-refractivity contribution in [2.75, 3.05) is 20.3 Å². The fraction of sp³-hybridized carbons (Fsp3) is 0.300. The highest BCUT2D eigenvalue weighted by Gasteiger charge is 2.20. The summed E-state index contributed by atoms with van der Waals surface area (Å²) in [6, 6.07) is 2.40. The minimum absolute atomic E-state index is 0.0584. The van der Waals surface area contributed by atoms with Gasteiger partial charge in [-0.25, -0.2) is 8.42 Å². The van der Waals surface area contributed by atoms with Crippen molar-refractivity contribution in [3.8, 4) is 0 Å². The average molecular weight is 393 g/mol. The van der Waals surface area contributed by atoms with Crippen molar-refractivity contribution in [3.05, 3.63) is 27.2 Å². The molecule has 0 fully saturated rings. The van der Waals surface area contributed by atoms with Crippen molar-refractivity contribution in [2.24, 2.45) is 0 Å². The average Bonchev–Trinajstić information content (AvgIpc) is 2.41. The lowest BCUT2D eigenvalue weighted by Crippen LogP contribution is -2.47. The smallest absolute Gasteiger partial charge is 0.258 e. The molecule has 11 heteroatoms. The highest BCUT2D eigenvalue weighted by molar-refractivity contribution is 7.89. The number of sulfonamides is 1. The maximum atomic E-state index is 12.1. The summed E-state index contributed by atoms with van der Waals surface area (Å²) in [6.45, 7) is 0.852. The van der Waals surface area contributed by atoms with Crippen molar-refractivity contribution in [1.82, 2.24) is 15.6 Å². The molecule has 0 saturated carbocycles. The molecule has 21 heavy (non-hydrogen) atoms. The van der Waals surface area contributed by atoms with Gasteiger partial charge in [-0.1, -0.05) is 34.8 Å². The first-order chi connectivity index (χ1) is 9.77. The van der Waals surface area contributed by atoms with Gasteiger partial charge in [0.15, 0.2) is 5.11 Å². The molecule has 1 aromatic rings. The van der Waals surface area contributed by atoms with Crippen LogP contribution in [-0.2, 0) is 14.8 Å². The van der Waals surface area contributed by atoms with E-state index in [0.29, 0.717) is 13.2 Å². The van der Waals surface area contributed by atoms with Crippen molar-refractivity contribution in [1.29, 1.82) is 0 Å². The van der Waals surface area contributed by atoms with E-state index in [1.54, 1.807) is 0 Å². The molecular weight excluding hydrogens is 381 g/mol. The van der Waals surface area contributed by atoms with Gasteiger partial charge in [0.25, 0.3) is 10.0 Å². The Hall–Kier alpha value is -0.350. The number of halogens is 3. The van der Waals surface area contributed by atoms with Gasteiger partial charge in [0.2, 0.25) is 0 Å². The first kappa shape index (κ1) is 18.7. The van der Waals surface area contributed by atoms with E-state index in [-0.39, 0.29) is 25.1 Å². The Kier molecular flexibility index (Phi) is 7.41. The van der Waals surface area contributed by atoms with E-state index < -0.39 is 10.0 Å². The third-order valence-corrected chi connectivity index (χ3v) is 4.84. The van der Waals surface area contributed by atoms with Crippen LogP contribution in [0.5, 0.6) is 0 Å². The molecule has 0 aliphatic rings. The van der Waals surface area contributed by atoms with Crippen LogP contribution in [0.25, 0.3) is 0 Å². The molecule has 0 aromatic heterocycles. The van der Waals surface area contributed by atoms with Crippen molar-refractivity contribution < 1.29 is 13.2 Å². The quantitative estimate of drug-likeness (QED) is 0.297. The molecular formula is C10H12Cl3N3O3S2. The predicted octanol–water partition coefficient (Wildman–Crippen LogP) is 1.95. The van der Waals surface area contributed by atoms with E-state index in [1.165, 1.54) is 13.2 Å². The highest BCUT2D eigenvalue weighted by atomic mass is 35.5. The second-order valence-corrected chi connectivity index (χ2v) is 6.96. The number of ether oxygens (including phenoxy) is 1. The molecule has 0 aliphatic carbocycles. The maximum Gasteiger partial charge on any atom is 0.258 e. The minimum atomic E-state index is -3.95. The van der Waals surface area contributed by atoms with Gasteiger partial charge < -0.3 is 10.1 Å². The Morgan fingerprint density at radius 3 is 2.48 bits per heavy atom. The van der Waals surface area contributed by atoms with Gasteiger partial charge in [0.05, 0.1) is 21.7 Å². The topological polar surface area (TPSA) is 79.5 Å². The molecule has 1 aromatic carbocycles. The summed E-state index contributed by atoms with van der Waals surface area (Å²) in [4.78, 5) is 1.86. The van der Waals surface area contributed by atoms with Crippen LogP contribution in [0.3, 0.4) is 0 Å². The molecule has 0 amide bonds. The highest BCUT2D eigenvalue weighted by Crippen LogP contribution is 2.31. The van der Waals surface area contributed by atoms with Gasteiger partial charge in [0.1, 0.15) is 4.90 Å². The maximum absolute atomic E-state index is 12.1. The van der Waals surface area contributed by atoms with Crippen molar-refractivity contribution in [3.63, 3.8) is 0 Å². The summed E-state index contributed by atoms with van der Waals surface area (Å²) in [5.41, 5.74) is 2.33. The fourth-order valence-electron chi connectivity index (χ4n) is 1.19. The van der Waals surface area contributed by atoms with Crippen LogP contribution in [0.1, 0.15) is 0 Å². The minimum Gasteiger partial charge on any atom is -0.383 e. The molecule has 0 spiro atoms. The SMILES string of the molecule is COCCNC(=S)NNS(=O)(=O)c1cc(Cl)c(Cl)cc1Cl. The molecule has 0 aliphatic heterocycles. The van der Waals surface area contributed by atoms with Gasteiger partial charge >= 0.3 is 0 Å². The lowest BCUT2D eigenvalue weighted by atomic mass is 10.4. The largest absolute Gasteiger partial charge is 0.383 e. The van der Waals surface area contributed by atoms with Crippen LogP contribution in [0.2, 0.25) is 15.1 Å². The van der Waals surface area contributed by atoms with Crippen LogP contribution in [0.4, 0.5) is 0 Å². The zero-order valence-electron chi connectivity index (χ0n) is 10.7. The van der Waals surface area contributed by atoms with Gasteiger partial charge in [-0.05, 0) is 24.4 Å². The molecule has 0 saturated heterocycles. The Labute approximate surface area is 143 Å². The number of nitrogens with one attached hydrogen (secondary N) is 3. The number of rotatable bonds is 6. The van der Waals surface area contributed by atoms with Crippen LogP contribution in [0, 0.1) is 0 Å². The molecule has 1 rings (SSSR count). The molecule has 6 nitrogen and oxygen atoms in total. The summed E-state index contributed by atoms with van der Waals surface area (Å²) < 4.78 is 29.0. The van der Waals surface area contributed by atoms with Gasteiger partial charge in [-0.2, -0.15) is 0 Å². The van der Waals surface area contributed by atoms with E-state index in [4.69, 9.17) is 51.8 Å². The van der Waals surface area contributed by atoms with E-state index in [9.17, 15) is 8.42 Å². The summed E-state index contributed by atoms with van der Waals surface area (Å²) in [6.07, 6.45) is 0. The number of thiocarbonyl (C=S) groups is 1. The summed E-state index contributed by atoms with van der Waals surface area (Å²) in [5.74, 6) is 0. The summed E-state index contributed by atoms with van der Waals surface area (Å²) in [5, 5.41) is 2.99. The van der Waals surface area contributed by atoms with Crippen LogP contribution < -0.4 is 15.6 Å². The number of hydrogen-bond donors (Lipinski definition) is 3. The van der Waals surface area contributed by atoms with Gasteiger partial charge in [-0.15, -0.1) is 4.83 Å². The van der Waals surface area contributed by atoms with E-state index in [2.05, 4.69) is 15.6 Å². The fourth-order valence-corrected chi connectivity index (χ4v) is 3.26. The zero-order valence-corrected chi connectivity index (χ0v) is 14.6. The number of hydrazine groups is 1. The van der Waals surface area contributed by atoms with Crippen LogP contribution in [-0.4, -0.2) is 33.8 Å². The first-order valence-electron chi connectivity index (χ1n) is 5.47. The first-order valence-corrected chi connectivity index (χ1v) is 8.49. The third kappa shape index (κ3) is 5.74. The standard InChI is InChI=1S/C10H12Cl3N3O3S2/c1-19-3-2-14-10(20)15-16-21(17,18)9-5-7(12)6(11)4-8(9)13/h4-5,16H,2-3H2,1H3,(H2,14,15,20). The van der Waals surface area contributed by atoms with E-state index in [1.807, 2.05) is 0 Å². The third-order valence-electron chi connectivity index (χ3n) is 2.15. The zero-order chi connectivity index (χ0) is 16.0. The Morgan fingerprint density at radius 2 is 1.86 bits per heavy atom. The molecule has 0 bridgehead atoms. The van der Waals surface area contributed by atoms with E-state index >= 15 is 0 Å². The van der Waals surface area contributed by atoms with E-state index in [0.717, 1.165) is 6.07 Å². The monoisotopic (exact) mass is 391 g/mol. The Morgan fingerprint density at radius 1 is 1.24 bits per heavy atom. The van der Waals surface area contributed by atoms with Crippen molar-refractivity contribution >= 4 is 62.2 Å². The molecule has 0 atom stereocenters. The summed E-state index contributed by atoms with van der Waals surface area (Å²) >= 11 is 22.3. The number of benzene rings is 1. The molecule has 0 heterocycles. The van der Waals surface area contributed by atoms with Crippen molar-refractivity contribution in [2.45, 2.75) is 4.90 Å². The van der Waals surface area contributed by atoms with Crippen LogP contribution >= 0.6 is 47.0 Å². The van der Waals surface area contributed by atoms with Gasteiger partial charge in [-0.3, -0.25) is 5.43 Å². The molecule has 0 radical (unpaired) electrons. The summed E-state index contributed by atoms with van der Waals surface area (Å²) in [7, 11) is -2.42. The number of hydrogen-bond acceptors (Lipinski definition) is 4. The number of methoxy groups -OCH3 is 1. The molecule has 118 valence electrons. The Balaban J connectivity index is 2.74. The Bertz CT molecular complexity index is 625. The van der Waals surface area contributed by atoms with Crippen LogP contribution in [0.15, 0.2) is 17.0 Å².